The molecule has 1 aromatic rings. The summed E-state index contributed by atoms with van der Waals surface area (Å²) in [5.41, 5.74) is 0.0275. The van der Waals surface area contributed by atoms with E-state index in [-0.39, 0.29) is 40.2 Å². The number of sulfonamides is 1. The molecule has 0 aliphatic carbocycles. The van der Waals surface area contributed by atoms with Gasteiger partial charge in [-0.1, -0.05) is 41.5 Å². The van der Waals surface area contributed by atoms with Crippen molar-refractivity contribution in [2.24, 2.45) is 15.6 Å². The number of hydrogen-bond acceptors (Lipinski definition) is 7. The molecule has 12 heteroatoms. The van der Waals surface area contributed by atoms with E-state index >= 15 is 0 Å². The third-order valence-electron chi connectivity index (χ3n) is 5.86. The third-order valence-corrected chi connectivity index (χ3v) is 8.51. The predicted molar refractivity (Wildman–Crippen MR) is 144 cm³/mol. The van der Waals surface area contributed by atoms with Gasteiger partial charge in [-0.05, 0) is 42.4 Å². The lowest BCUT2D eigenvalue weighted by molar-refractivity contribution is -0.128. The molecule has 2 heterocycles. The Kier molecular flexibility index (Phi) is 7.45. The molecule has 0 aromatic heterocycles. The fraction of sp³-hybridized carbons (Fsp3) is 0.583. The molecule has 3 N–H and O–H groups in total. The Bertz CT molecular complexity index is 1270. The van der Waals surface area contributed by atoms with Crippen LogP contribution in [0, 0.1) is 10.8 Å². The molecule has 200 valence electrons. The quantitative estimate of drug-likeness (QED) is 0.440. The topological polar surface area (TPSA) is 137 Å². The van der Waals surface area contributed by atoms with Gasteiger partial charge in [0.15, 0.2) is 5.84 Å². The van der Waals surface area contributed by atoms with Crippen LogP contribution in [0.15, 0.2) is 34.3 Å². The van der Waals surface area contributed by atoms with Crippen LogP contribution in [0.2, 0.25) is 0 Å². The molecule has 0 radical (unpaired) electrons. The van der Waals surface area contributed by atoms with E-state index in [4.69, 9.17) is 4.52 Å². The lowest BCUT2D eigenvalue weighted by Crippen LogP contribution is -2.45. The number of fused-ring (bicyclic) bond motifs is 1. The van der Waals surface area contributed by atoms with E-state index in [2.05, 4.69) is 35.6 Å². The molecule has 1 aromatic carbocycles. The van der Waals surface area contributed by atoms with Crippen molar-refractivity contribution in [1.29, 1.82) is 0 Å². The number of aliphatic hydroxyl groups excluding tert-OH is 1. The number of benzene rings is 1. The maximum atomic E-state index is 13.9. The van der Waals surface area contributed by atoms with E-state index in [1.165, 1.54) is 12.1 Å². The number of aliphatic hydroxyl groups is 1. The van der Waals surface area contributed by atoms with E-state index in [1.807, 2.05) is 20.8 Å². The molecule has 36 heavy (non-hydrogen) atoms. The highest BCUT2D eigenvalue weighted by Crippen LogP contribution is 2.53. The minimum Gasteiger partial charge on any atom is -0.509 e. The Morgan fingerprint density at radius 1 is 1.22 bits per heavy atom. The van der Waals surface area contributed by atoms with E-state index in [1.54, 1.807) is 17.9 Å². The predicted octanol–water partition coefficient (Wildman–Crippen LogP) is 4.24. The summed E-state index contributed by atoms with van der Waals surface area (Å²) in [5, 5.41) is 14.5. The molecule has 0 saturated carbocycles. The second kappa shape index (κ2) is 9.50. The van der Waals surface area contributed by atoms with Crippen molar-refractivity contribution in [2.45, 2.75) is 60.9 Å². The summed E-state index contributed by atoms with van der Waals surface area (Å²) in [6.07, 6.45) is 1.74. The van der Waals surface area contributed by atoms with Crippen molar-refractivity contribution >= 4 is 46.0 Å². The van der Waals surface area contributed by atoms with Gasteiger partial charge in [0.2, 0.25) is 10.0 Å². The van der Waals surface area contributed by atoms with Gasteiger partial charge in [-0.3, -0.25) is 14.1 Å². The number of nitrogens with one attached hydrogen (secondary N) is 2. The van der Waals surface area contributed by atoms with Crippen molar-refractivity contribution in [3.63, 3.8) is 0 Å². The number of amides is 1. The van der Waals surface area contributed by atoms with Crippen LogP contribution in [-0.4, -0.2) is 55.6 Å². The minimum absolute atomic E-state index is 0.0248. The Morgan fingerprint density at radius 3 is 2.39 bits per heavy atom. The largest absolute Gasteiger partial charge is 0.509 e. The van der Waals surface area contributed by atoms with Crippen molar-refractivity contribution in [2.75, 3.05) is 29.4 Å². The Balaban J connectivity index is 2.10. The van der Waals surface area contributed by atoms with Crippen molar-refractivity contribution in [3.05, 3.63) is 29.5 Å². The van der Waals surface area contributed by atoms with E-state index < -0.39 is 34.9 Å². The second-order valence-corrected chi connectivity index (χ2v) is 15.2. The van der Waals surface area contributed by atoms with Crippen molar-refractivity contribution in [1.82, 2.24) is 4.90 Å². The van der Waals surface area contributed by atoms with E-state index in [0.717, 1.165) is 12.7 Å². The molecule has 0 spiro atoms. The summed E-state index contributed by atoms with van der Waals surface area (Å²) in [6.45, 7) is 14.3. The van der Waals surface area contributed by atoms with Crippen LogP contribution in [0.25, 0.3) is 0 Å². The molecule has 0 saturated heterocycles. The summed E-state index contributed by atoms with van der Waals surface area (Å²) < 4.78 is 49.5. The zero-order chi connectivity index (χ0) is 27.3. The van der Waals surface area contributed by atoms with Gasteiger partial charge in [0.05, 0.1) is 29.9 Å². The van der Waals surface area contributed by atoms with Crippen LogP contribution in [0.1, 0.15) is 54.9 Å². The first kappa shape index (κ1) is 28.2. The summed E-state index contributed by atoms with van der Waals surface area (Å²) in [4.78, 5) is 15.3. The SMILES string of the molecule is CCO[P@@]1(=O)N=C(C2=C(O)[C@@H](C(C)(C)C)N(CCC(C)(C)C)C2=O)Nc2ccc(NS(C)(=O)=O)cc21. The van der Waals surface area contributed by atoms with Crippen molar-refractivity contribution in [3.8, 4) is 0 Å². The van der Waals surface area contributed by atoms with Crippen LogP contribution in [-0.2, 0) is 23.9 Å². The molecule has 2 atom stereocenters. The molecule has 2 aliphatic rings. The van der Waals surface area contributed by atoms with E-state index in [0.29, 0.717) is 12.2 Å². The summed E-state index contributed by atoms with van der Waals surface area (Å²) >= 11 is 0. The van der Waals surface area contributed by atoms with Gasteiger partial charge in [-0.15, -0.1) is 0 Å². The molecule has 0 unspecified atom stereocenters. The van der Waals surface area contributed by atoms with Gasteiger partial charge in [0.25, 0.3) is 5.91 Å². The van der Waals surface area contributed by atoms with Gasteiger partial charge >= 0.3 is 7.52 Å². The second-order valence-electron chi connectivity index (χ2n) is 11.5. The zero-order valence-electron chi connectivity index (χ0n) is 22.2. The van der Waals surface area contributed by atoms with Crippen LogP contribution < -0.4 is 15.3 Å². The first-order chi connectivity index (χ1) is 16.4. The first-order valence-corrected chi connectivity index (χ1v) is 15.3. The minimum atomic E-state index is -3.90. The number of hydrogen-bond donors (Lipinski definition) is 3. The summed E-state index contributed by atoms with van der Waals surface area (Å²) in [5.74, 6) is -0.558. The van der Waals surface area contributed by atoms with Gasteiger partial charge in [-0.2, -0.15) is 4.76 Å². The van der Waals surface area contributed by atoms with Gasteiger partial charge in [0.1, 0.15) is 11.3 Å². The van der Waals surface area contributed by atoms with E-state index in [9.17, 15) is 22.9 Å². The average Bonchev–Trinajstić information content (AvgIpc) is 2.95. The number of carbonyl (C=O) groups excluding carboxylic acids is 1. The maximum absolute atomic E-state index is 13.9. The number of anilines is 2. The normalized spacial score (nSPS) is 22.9. The first-order valence-electron chi connectivity index (χ1n) is 11.8. The molecular formula is C24H37N4O6PS. The monoisotopic (exact) mass is 540 g/mol. The number of nitrogens with zero attached hydrogens (tertiary/aromatic N) is 2. The molecule has 10 nitrogen and oxygen atoms in total. The summed E-state index contributed by atoms with van der Waals surface area (Å²) in [7, 11) is -7.47. The zero-order valence-corrected chi connectivity index (χ0v) is 23.9. The van der Waals surface area contributed by atoms with Crippen LogP contribution >= 0.6 is 7.52 Å². The van der Waals surface area contributed by atoms with Crippen molar-refractivity contribution < 1.29 is 27.4 Å². The standard InChI is InChI=1S/C24H37N4O6PS/c1-9-34-35(31)17-14-15(27-36(8,32)33)10-11-16(17)25-21(26-35)18-19(29)20(24(5,6)7)28(22(18)30)13-12-23(2,3)4/h10-11,14,20,27,29H,9,12-13H2,1-8H3,(H,25,26,31)/t20-,35+/m0/s1. The highest BCUT2D eigenvalue weighted by atomic mass is 32.2. The summed E-state index contributed by atoms with van der Waals surface area (Å²) in [6, 6.07) is 3.86. The molecular weight excluding hydrogens is 503 g/mol. The fourth-order valence-corrected chi connectivity index (χ4v) is 6.67. The van der Waals surface area contributed by atoms with Crippen LogP contribution in [0.3, 0.4) is 0 Å². The lowest BCUT2D eigenvalue weighted by atomic mass is 9.84. The maximum Gasteiger partial charge on any atom is 0.348 e. The van der Waals surface area contributed by atoms with Gasteiger partial charge in [-0.25, -0.2) is 8.42 Å². The number of rotatable bonds is 7. The Labute approximate surface area is 213 Å². The smallest absolute Gasteiger partial charge is 0.348 e. The number of amidine groups is 1. The van der Waals surface area contributed by atoms with Gasteiger partial charge < -0.3 is 19.8 Å². The molecule has 0 bridgehead atoms. The highest BCUT2D eigenvalue weighted by Gasteiger charge is 2.48. The molecule has 0 fully saturated rings. The number of carbonyl (C=O) groups is 1. The fourth-order valence-electron chi connectivity index (χ4n) is 4.31. The lowest BCUT2D eigenvalue weighted by Gasteiger charge is -2.36. The average molecular weight is 541 g/mol. The highest BCUT2D eigenvalue weighted by molar-refractivity contribution is 7.92. The third kappa shape index (κ3) is 5.95. The van der Waals surface area contributed by atoms with Gasteiger partial charge in [0, 0.05) is 12.2 Å². The Morgan fingerprint density at radius 2 is 1.86 bits per heavy atom. The van der Waals surface area contributed by atoms with Crippen LogP contribution in [0.5, 0.6) is 0 Å². The molecule has 3 rings (SSSR count). The van der Waals surface area contributed by atoms with Crippen LogP contribution in [0.4, 0.5) is 11.4 Å². The Hall–Kier alpha value is -2.36. The molecule has 1 amide bonds. The molecule has 2 aliphatic heterocycles.